The number of benzene rings is 2. The van der Waals surface area contributed by atoms with Crippen LogP contribution in [0.4, 0.5) is 0 Å². The number of carbonyl (C=O) groups excluding carboxylic acids is 1. The molecule has 1 N–H and O–H groups in total. The first-order chi connectivity index (χ1) is 12.8. The molecule has 2 aromatic carbocycles. The fourth-order valence-electron chi connectivity index (χ4n) is 3.36. The molecule has 0 spiro atoms. The molecule has 4 nitrogen and oxygen atoms in total. The summed E-state index contributed by atoms with van der Waals surface area (Å²) < 4.78 is 12.6. The molecule has 3 rings (SSSR count). The minimum Gasteiger partial charge on any atom is -0.487 e. The van der Waals surface area contributed by atoms with Crippen molar-refractivity contribution >= 4 is 21.8 Å². The summed E-state index contributed by atoms with van der Waals surface area (Å²) in [7, 11) is 0. The molecule has 144 valence electrons. The number of halogens is 1. The van der Waals surface area contributed by atoms with E-state index < -0.39 is 0 Å². The SMILES string of the molecule is CCc1ccc(OCC(=O)N[C@H]2CC(C)(C)Oc3ccc(C)cc32)c(Br)c1. The number of nitrogens with one attached hydrogen (secondary N) is 1. The van der Waals surface area contributed by atoms with E-state index in [9.17, 15) is 4.79 Å². The number of hydrogen-bond acceptors (Lipinski definition) is 3. The molecule has 1 aliphatic heterocycles. The van der Waals surface area contributed by atoms with E-state index in [1.807, 2.05) is 51.1 Å². The highest BCUT2D eigenvalue weighted by Crippen LogP contribution is 2.39. The van der Waals surface area contributed by atoms with Gasteiger partial charge in [-0.1, -0.05) is 30.7 Å². The van der Waals surface area contributed by atoms with Crippen LogP contribution >= 0.6 is 15.9 Å². The molecule has 0 fully saturated rings. The van der Waals surface area contributed by atoms with Crippen molar-refractivity contribution in [1.82, 2.24) is 5.32 Å². The van der Waals surface area contributed by atoms with Gasteiger partial charge in [-0.15, -0.1) is 0 Å². The number of hydrogen-bond donors (Lipinski definition) is 1. The van der Waals surface area contributed by atoms with Crippen molar-refractivity contribution in [2.45, 2.75) is 52.2 Å². The Hall–Kier alpha value is -2.01. The molecule has 0 bridgehead atoms. The van der Waals surface area contributed by atoms with Gasteiger partial charge in [0.15, 0.2) is 6.61 Å². The summed E-state index contributed by atoms with van der Waals surface area (Å²) in [5.74, 6) is 1.36. The van der Waals surface area contributed by atoms with E-state index >= 15 is 0 Å². The van der Waals surface area contributed by atoms with E-state index in [4.69, 9.17) is 9.47 Å². The zero-order valence-electron chi connectivity index (χ0n) is 16.3. The molecule has 5 heteroatoms. The van der Waals surface area contributed by atoms with E-state index in [1.165, 1.54) is 5.56 Å². The lowest BCUT2D eigenvalue weighted by Gasteiger charge is -2.38. The summed E-state index contributed by atoms with van der Waals surface area (Å²) in [4.78, 5) is 12.5. The highest BCUT2D eigenvalue weighted by Gasteiger charge is 2.34. The minimum atomic E-state index is -0.333. The van der Waals surface area contributed by atoms with Crippen LogP contribution in [0.25, 0.3) is 0 Å². The molecule has 1 aliphatic rings. The lowest BCUT2D eigenvalue weighted by atomic mass is 9.89. The number of amides is 1. The molecular formula is C22H26BrNO3. The van der Waals surface area contributed by atoms with Crippen molar-refractivity contribution in [3.8, 4) is 11.5 Å². The monoisotopic (exact) mass is 431 g/mol. The lowest BCUT2D eigenvalue weighted by Crippen LogP contribution is -2.42. The quantitative estimate of drug-likeness (QED) is 0.714. The zero-order valence-corrected chi connectivity index (χ0v) is 17.9. The molecule has 0 aromatic heterocycles. The third kappa shape index (κ3) is 4.83. The third-order valence-corrected chi connectivity index (χ3v) is 5.34. The number of ether oxygens (including phenoxy) is 2. The van der Waals surface area contributed by atoms with Gasteiger partial charge in [-0.05, 0) is 66.9 Å². The van der Waals surface area contributed by atoms with Gasteiger partial charge in [0.25, 0.3) is 5.91 Å². The Bertz CT molecular complexity index is 847. The topological polar surface area (TPSA) is 47.6 Å². The molecule has 0 aliphatic carbocycles. The summed E-state index contributed by atoms with van der Waals surface area (Å²) in [6.45, 7) is 8.20. The van der Waals surface area contributed by atoms with Gasteiger partial charge in [-0.2, -0.15) is 0 Å². The van der Waals surface area contributed by atoms with Crippen LogP contribution in [0.2, 0.25) is 0 Å². The Morgan fingerprint density at radius 2 is 2.07 bits per heavy atom. The average molecular weight is 432 g/mol. The van der Waals surface area contributed by atoms with E-state index in [-0.39, 0.29) is 24.2 Å². The highest BCUT2D eigenvalue weighted by molar-refractivity contribution is 9.10. The van der Waals surface area contributed by atoms with Crippen molar-refractivity contribution in [3.63, 3.8) is 0 Å². The van der Waals surface area contributed by atoms with E-state index in [1.54, 1.807) is 0 Å². The molecular weight excluding hydrogens is 406 g/mol. The van der Waals surface area contributed by atoms with E-state index in [2.05, 4.69) is 34.2 Å². The highest BCUT2D eigenvalue weighted by atomic mass is 79.9. The van der Waals surface area contributed by atoms with Gasteiger partial charge in [-0.25, -0.2) is 0 Å². The Morgan fingerprint density at radius 3 is 2.78 bits per heavy atom. The second-order valence-electron chi connectivity index (χ2n) is 7.63. The Labute approximate surface area is 169 Å². The summed E-state index contributed by atoms with van der Waals surface area (Å²) in [6, 6.07) is 11.9. The molecule has 0 saturated heterocycles. The van der Waals surface area contributed by atoms with Crippen LogP contribution in [-0.2, 0) is 11.2 Å². The molecule has 1 heterocycles. The number of rotatable bonds is 5. The molecule has 0 saturated carbocycles. The standard InChI is InChI=1S/C22H26BrNO3/c1-5-15-7-9-20(17(23)11-15)26-13-21(25)24-18-12-22(3,4)27-19-8-6-14(2)10-16(18)19/h6-11,18H,5,12-13H2,1-4H3,(H,24,25)/t18-/m0/s1. The second kappa shape index (κ2) is 7.93. The zero-order chi connectivity index (χ0) is 19.6. The summed E-state index contributed by atoms with van der Waals surface area (Å²) in [6.07, 6.45) is 1.67. The number of fused-ring (bicyclic) bond motifs is 1. The van der Waals surface area contributed by atoms with Crippen molar-refractivity contribution in [2.24, 2.45) is 0 Å². The van der Waals surface area contributed by atoms with Crippen LogP contribution in [0.5, 0.6) is 11.5 Å². The lowest BCUT2D eigenvalue weighted by molar-refractivity contribution is -0.124. The number of aryl methyl sites for hydroxylation is 2. The van der Waals surface area contributed by atoms with Crippen LogP contribution in [0.3, 0.4) is 0 Å². The van der Waals surface area contributed by atoms with Gasteiger partial charge in [-0.3, -0.25) is 4.79 Å². The summed E-state index contributed by atoms with van der Waals surface area (Å²) in [5, 5.41) is 3.11. The van der Waals surface area contributed by atoms with Gasteiger partial charge >= 0.3 is 0 Å². The fraction of sp³-hybridized carbons (Fsp3) is 0.409. The molecule has 0 unspecified atom stereocenters. The molecule has 0 radical (unpaired) electrons. The van der Waals surface area contributed by atoms with E-state index in [0.29, 0.717) is 12.2 Å². The maximum absolute atomic E-state index is 12.5. The molecule has 27 heavy (non-hydrogen) atoms. The first-order valence-electron chi connectivity index (χ1n) is 9.27. The number of carbonyl (C=O) groups is 1. The van der Waals surface area contributed by atoms with Crippen LogP contribution in [-0.4, -0.2) is 18.1 Å². The summed E-state index contributed by atoms with van der Waals surface area (Å²) >= 11 is 3.51. The Kier molecular flexibility index (Phi) is 5.80. The predicted molar refractivity (Wildman–Crippen MR) is 110 cm³/mol. The Balaban J connectivity index is 1.68. The second-order valence-corrected chi connectivity index (χ2v) is 8.49. The van der Waals surface area contributed by atoms with Crippen LogP contribution in [0, 0.1) is 6.92 Å². The third-order valence-electron chi connectivity index (χ3n) is 4.72. The van der Waals surface area contributed by atoms with Crippen LogP contribution in [0.1, 0.15) is 49.9 Å². The predicted octanol–water partition coefficient (Wildman–Crippen LogP) is 5.12. The summed E-state index contributed by atoms with van der Waals surface area (Å²) in [5.41, 5.74) is 3.05. The van der Waals surface area contributed by atoms with Crippen molar-refractivity contribution < 1.29 is 14.3 Å². The van der Waals surface area contributed by atoms with Crippen molar-refractivity contribution in [2.75, 3.05) is 6.61 Å². The van der Waals surface area contributed by atoms with Gasteiger partial charge in [0.1, 0.15) is 17.1 Å². The molecule has 1 atom stereocenters. The van der Waals surface area contributed by atoms with Crippen molar-refractivity contribution in [1.29, 1.82) is 0 Å². The van der Waals surface area contributed by atoms with Gasteiger partial charge in [0, 0.05) is 12.0 Å². The van der Waals surface area contributed by atoms with Gasteiger partial charge < -0.3 is 14.8 Å². The fourth-order valence-corrected chi connectivity index (χ4v) is 3.90. The smallest absolute Gasteiger partial charge is 0.258 e. The molecule has 2 aromatic rings. The first-order valence-corrected chi connectivity index (χ1v) is 10.1. The minimum absolute atomic E-state index is 0.0248. The molecule has 1 amide bonds. The first kappa shape index (κ1) is 19.7. The normalized spacial score (nSPS) is 17.6. The van der Waals surface area contributed by atoms with Gasteiger partial charge in [0.05, 0.1) is 10.5 Å². The van der Waals surface area contributed by atoms with Crippen LogP contribution < -0.4 is 14.8 Å². The Morgan fingerprint density at radius 1 is 1.30 bits per heavy atom. The maximum atomic E-state index is 12.5. The van der Waals surface area contributed by atoms with Gasteiger partial charge in [0.2, 0.25) is 0 Å². The average Bonchev–Trinajstić information content (AvgIpc) is 2.60. The largest absolute Gasteiger partial charge is 0.487 e. The van der Waals surface area contributed by atoms with Crippen molar-refractivity contribution in [3.05, 3.63) is 57.6 Å². The maximum Gasteiger partial charge on any atom is 0.258 e. The van der Waals surface area contributed by atoms with Crippen LogP contribution in [0.15, 0.2) is 40.9 Å². The van der Waals surface area contributed by atoms with E-state index in [0.717, 1.165) is 27.8 Å².